The summed E-state index contributed by atoms with van der Waals surface area (Å²) in [4.78, 5) is 20.4. The summed E-state index contributed by atoms with van der Waals surface area (Å²) in [7, 11) is 0. The second kappa shape index (κ2) is 6.13. The largest absolute Gasteiger partial charge is 0.310 e. The zero-order valence-corrected chi connectivity index (χ0v) is 13.2. The molecule has 106 valence electrons. The van der Waals surface area contributed by atoms with Crippen molar-refractivity contribution < 1.29 is 4.79 Å². The van der Waals surface area contributed by atoms with Crippen LogP contribution in [0.2, 0.25) is 0 Å². The fourth-order valence-electron chi connectivity index (χ4n) is 1.83. The van der Waals surface area contributed by atoms with Gasteiger partial charge in [0.05, 0.1) is 5.69 Å². The van der Waals surface area contributed by atoms with Crippen molar-refractivity contribution in [3.63, 3.8) is 0 Å². The Balaban J connectivity index is 2.38. The van der Waals surface area contributed by atoms with Crippen LogP contribution in [0.15, 0.2) is 12.1 Å². The van der Waals surface area contributed by atoms with Crippen molar-refractivity contribution in [3.8, 4) is 5.95 Å². The van der Waals surface area contributed by atoms with Gasteiger partial charge in [0, 0.05) is 29.2 Å². The van der Waals surface area contributed by atoms with E-state index in [1.807, 2.05) is 26.8 Å². The minimum absolute atomic E-state index is 0.0765. The first kappa shape index (κ1) is 14.6. The molecule has 0 aromatic carbocycles. The molecular formula is C13H16BrN5O. The van der Waals surface area contributed by atoms with E-state index in [2.05, 4.69) is 36.3 Å². The van der Waals surface area contributed by atoms with Gasteiger partial charge in [0.1, 0.15) is 5.82 Å². The summed E-state index contributed by atoms with van der Waals surface area (Å²) in [6, 6.07) is 3.69. The van der Waals surface area contributed by atoms with Gasteiger partial charge in [0.25, 0.3) is 5.95 Å². The van der Waals surface area contributed by atoms with Crippen molar-refractivity contribution in [2.24, 2.45) is 0 Å². The number of aryl methyl sites for hydroxylation is 3. The van der Waals surface area contributed by atoms with E-state index in [1.165, 1.54) is 0 Å². The minimum Gasteiger partial charge on any atom is -0.310 e. The molecule has 20 heavy (non-hydrogen) atoms. The first-order chi connectivity index (χ1) is 9.49. The van der Waals surface area contributed by atoms with Gasteiger partial charge in [-0.1, -0.05) is 15.9 Å². The lowest BCUT2D eigenvalue weighted by Crippen LogP contribution is -2.16. The van der Waals surface area contributed by atoms with Crippen molar-refractivity contribution in [2.75, 3.05) is 10.6 Å². The van der Waals surface area contributed by atoms with Gasteiger partial charge in [0.2, 0.25) is 5.91 Å². The number of alkyl halides is 1. The van der Waals surface area contributed by atoms with E-state index in [-0.39, 0.29) is 5.91 Å². The highest BCUT2D eigenvalue weighted by atomic mass is 79.9. The third kappa shape index (κ3) is 3.41. The van der Waals surface area contributed by atoms with Crippen LogP contribution < -0.4 is 5.32 Å². The van der Waals surface area contributed by atoms with Crippen LogP contribution in [-0.2, 0) is 4.79 Å². The molecule has 0 aliphatic carbocycles. The Hall–Kier alpha value is -1.76. The molecule has 2 heterocycles. The molecule has 2 rings (SSSR count). The molecule has 7 heteroatoms. The summed E-state index contributed by atoms with van der Waals surface area (Å²) in [5.74, 6) is 0.968. The van der Waals surface area contributed by atoms with E-state index >= 15 is 0 Å². The number of aromatic nitrogens is 4. The highest BCUT2D eigenvalue weighted by Gasteiger charge is 2.13. The minimum atomic E-state index is -0.0765. The Kier molecular flexibility index (Phi) is 4.49. The molecule has 2 aromatic heterocycles. The normalized spacial score (nSPS) is 10.6. The molecule has 0 spiro atoms. The standard InChI is InChI=1S/C13H16BrN5O/c1-8-6-9(2)16-13(15-8)19-11(7-10(3)18-19)17-12(20)4-5-14/h6-7H,4-5H2,1-3H3,(H,17,20). The van der Waals surface area contributed by atoms with Crippen LogP contribution in [0.1, 0.15) is 23.5 Å². The molecule has 1 N–H and O–H groups in total. The Bertz CT molecular complexity index is 617. The van der Waals surface area contributed by atoms with Crippen LogP contribution in [0.5, 0.6) is 0 Å². The SMILES string of the molecule is Cc1cc(C)nc(-n2nc(C)cc2NC(=O)CCBr)n1. The highest BCUT2D eigenvalue weighted by Crippen LogP contribution is 2.15. The van der Waals surface area contributed by atoms with Crippen LogP contribution in [0.25, 0.3) is 5.95 Å². The number of hydrogen-bond acceptors (Lipinski definition) is 4. The van der Waals surface area contributed by atoms with Crippen LogP contribution in [-0.4, -0.2) is 31.0 Å². The fourth-order valence-corrected chi connectivity index (χ4v) is 2.19. The number of anilines is 1. The van der Waals surface area contributed by atoms with Crippen molar-refractivity contribution in [2.45, 2.75) is 27.2 Å². The third-order valence-corrected chi connectivity index (χ3v) is 2.98. The second-order valence-corrected chi connectivity index (χ2v) is 5.31. The Morgan fingerprint density at radius 2 is 1.85 bits per heavy atom. The van der Waals surface area contributed by atoms with Gasteiger partial charge in [-0.05, 0) is 26.8 Å². The van der Waals surface area contributed by atoms with Crippen molar-refractivity contribution >= 4 is 27.7 Å². The smallest absolute Gasteiger partial charge is 0.252 e. The lowest BCUT2D eigenvalue weighted by molar-refractivity contribution is -0.115. The molecule has 0 fully saturated rings. The Morgan fingerprint density at radius 1 is 1.20 bits per heavy atom. The molecule has 1 amide bonds. The van der Waals surface area contributed by atoms with E-state index < -0.39 is 0 Å². The molecule has 0 saturated carbocycles. The maximum Gasteiger partial charge on any atom is 0.252 e. The Labute approximate surface area is 125 Å². The third-order valence-electron chi connectivity index (χ3n) is 2.58. The zero-order chi connectivity index (χ0) is 14.7. The second-order valence-electron chi connectivity index (χ2n) is 4.52. The van der Waals surface area contributed by atoms with Gasteiger partial charge in [-0.2, -0.15) is 9.78 Å². The highest BCUT2D eigenvalue weighted by molar-refractivity contribution is 9.09. The van der Waals surface area contributed by atoms with Crippen LogP contribution in [0.4, 0.5) is 5.82 Å². The van der Waals surface area contributed by atoms with Crippen molar-refractivity contribution in [1.29, 1.82) is 0 Å². The summed E-state index contributed by atoms with van der Waals surface area (Å²) in [6.07, 6.45) is 0.401. The topological polar surface area (TPSA) is 72.7 Å². The molecular weight excluding hydrogens is 322 g/mol. The lowest BCUT2D eigenvalue weighted by Gasteiger charge is -2.08. The van der Waals surface area contributed by atoms with Gasteiger partial charge < -0.3 is 5.32 Å². The number of carbonyl (C=O) groups is 1. The monoisotopic (exact) mass is 337 g/mol. The Morgan fingerprint density at radius 3 is 2.45 bits per heavy atom. The van der Waals surface area contributed by atoms with Gasteiger partial charge in [-0.15, -0.1) is 0 Å². The van der Waals surface area contributed by atoms with E-state index in [9.17, 15) is 4.79 Å². The lowest BCUT2D eigenvalue weighted by atomic mass is 10.4. The maximum absolute atomic E-state index is 11.7. The fraction of sp³-hybridized carbons (Fsp3) is 0.385. The maximum atomic E-state index is 11.7. The van der Waals surface area contributed by atoms with E-state index in [4.69, 9.17) is 0 Å². The molecule has 0 aliphatic rings. The van der Waals surface area contributed by atoms with Crippen LogP contribution in [0, 0.1) is 20.8 Å². The number of carbonyl (C=O) groups excluding carboxylic acids is 1. The number of amides is 1. The number of hydrogen-bond donors (Lipinski definition) is 1. The predicted molar refractivity (Wildman–Crippen MR) is 80.4 cm³/mol. The van der Waals surface area contributed by atoms with Gasteiger partial charge in [-0.3, -0.25) is 4.79 Å². The van der Waals surface area contributed by atoms with Crippen LogP contribution in [0.3, 0.4) is 0 Å². The van der Waals surface area contributed by atoms with Gasteiger partial charge in [-0.25, -0.2) is 9.97 Å². The zero-order valence-electron chi connectivity index (χ0n) is 11.6. The van der Waals surface area contributed by atoms with Crippen molar-refractivity contribution in [1.82, 2.24) is 19.7 Å². The van der Waals surface area contributed by atoms with E-state index in [0.717, 1.165) is 17.1 Å². The summed E-state index contributed by atoms with van der Waals surface area (Å²) in [5, 5.41) is 7.78. The first-order valence-electron chi connectivity index (χ1n) is 6.24. The van der Waals surface area contributed by atoms with E-state index in [0.29, 0.717) is 23.5 Å². The summed E-state index contributed by atoms with van der Waals surface area (Å²) < 4.78 is 1.56. The number of nitrogens with one attached hydrogen (secondary N) is 1. The molecule has 2 aromatic rings. The molecule has 0 saturated heterocycles. The molecule has 0 radical (unpaired) electrons. The van der Waals surface area contributed by atoms with E-state index in [1.54, 1.807) is 10.7 Å². The number of rotatable bonds is 4. The quantitative estimate of drug-likeness (QED) is 0.869. The first-order valence-corrected chi connectivity index (χ1v) is 7.37. The summed E-state index contributed by atoms with van der Waals surface area (Å²) in [5.41, 5.74) is 2.51. The summed E-state index contributed by atoms with van der Waals surface area (Å²) in [6.45, 7) is 5.66. The molecule has 0 bridgehead atoms. The average Bonchev–Trinajstić information content (AvgIpc) is 2.69. The molecule has 6 nitrogen and oxygen atoms in total. The van der Waals surface area contributed by atoms with Gasteiger partial charge in [0.15, 0.2) is 0 Å². The number of halogens is 1. The number of nitrogens with zero attached hydrogens (tertiary/aromatic N) is 4. The molecule has 0 aliphatic heterocycles. The molecule has 0 atom stereocenters. The van der Waals surface area contributed by atoms with Crippen molar-refractivity contribution in [3.05, 3.63) is 29.2 Å². The van der Waals surface area contributed by atoms with Gasteiger partial charge >= 0.3 is 0 Å². The average molecular weight is 338 g/mol. The van der Waals surface area contributed by atoms with Crippen LogP contribution >= 0.6 is 15.9 Å². The summed E-state index contributed by atoms with van der Waals surface area (Å²) >= 11 is 3.24. The molecule has 0 unspecified atom stereocenters. The predicted octanol–water partition coefficient (Wildman–Crippen LogP) is 2.31.